The van der Waals surface area contributed by atoms with Gasteiger partial charge in [-0.1, -0.05) is 0 Å². The fraction of sp³-hybridized carbons (Fsp3) is 0.818. The third-order valence-electron chi connectivity index (χ3n) is 3.27. The zero-order valence-corrected chi connectivity index (χ0v) is 13.9. The number of hydrogen-bond donors (Lipinski definition) is 1. The molecule has 6 heteroatoms. The number of carbonyl (C=O) groups is 2. The van der Waals surface area contributed by atoms with Gasteiger partial charge in [0.1, 0.15) is 5.60 Å². The average molecular weight is 265 g/mol. The maximum atomic E-state index is 11.9. The van der Waals surface area contributed by atoms with Crippen LogP contribution in [-0.2, 0) is 14.3 Å². The molecule has 3 fully saturated rings. The Bertz CT molecular complexity index is 355. The van der Waals surface area contributed by atoms with Gasteiger partial charge in [-0.15, -0.1) is 0 Å². The number of ether oxygens (including phenoxy) is 1. The Hall–Kier alpha value is 0.536. The Labute approximate surface area is 143 Å². The summed E-state index contributed by atoms with van der Waals surface area (Å²) in [6, 6.07) is 0. The number of nitrogens with one attached hydrogen (secondary N) is 1. The number of esters is 1. The van der Waals surface area contributed by atoms with Gasteiger partial charge in [-0.2, -0.15) is 0 Å². The minimum Gasteiger partial charge on any atom is -0.548 e. The first-order valence-corrected chi connectivity index (χ1v) is 5.39. The third kappa shape index (κ3) is 2.62. The molecule has 0 aromatic heterocycles. The van der Waals surface area contributed by atoms with Crippen molar-refractivity contribution in [3.05, 3.63) is 0 Å². The molecule has 5 nitrogen and oxygen atoms in total. The van der Waals surface area contributed by atoms with Crippen LogP contribution < -0.4 is 61.8 Å². The van der Waals surface area contributed by atoms with Gasteiger partial charge in [-0.3, -0.25) is 4.79 Å². The van der Waals surface area contributed by atoms with Crippen LogP contribution in [0.15, 0.2) is 0 Å². The maximum absolute atomic E-state index is 11.9. The number of aliphatic carboxylic acids is 1. The molecule has 0 aromatic carbocycles. The van der Waals surface area contributed by atoms with Crippen molar-refractivity contribution >= 4 is 11.9 Å². The molecule has 1 N–H and O–H groups in total. The van der Waals surface area contributed by atoms with Crippen LogP contribution in [0.2, 0.25) is 0 Å². The normalized spacial score (nSPS) is 34.5. The molecule has 2 aliphatic heterocycles. The monoisotopic (exact) mass is 265 g/mol. The van der Waals surface area contributed by atoms with Crippen LogP contribution in [-0.4, -0.2) is 29.6 Å². The first-order valence-electron chi connectivity index (χ1n) is 5.39. The fourth-order valence-electron chi connectivity index (χ4n) is 2.51. The Kier molecular flexibility index (Phi) is 4.20. The Morgan fingerprint density at radius 3 is 2.18 bits per heavy atom. The van der Waals surface area contributed by atoms with Crippen molar-refractivity contribution in [2.45, 2.75) is 44.8 Å². The van der Waals surface area contributed by atoms with Gasteiger partial charge in [-0.25, -0.2) is 0 Å². The Balaban J connectivity index is 0.00000144. The molecule has 1 saturated carbocycles. The first-order chi connectivity index (χ1) is 7.19. The van der Waals surface area contributed by atoms with Gasteiger partial charge in [0.05, 0.1) is 16.9 Å². The van der Waals surface area contributed by atoms with E-state index in [-0.39, 0.29) is 70.2 Å². The molecular formula is C11H16KNO4. The van der Waals surface area contributed by atoms with Gasteiger partial charge < -0.3 is 20.0 Å². The summed E-state index contributed by atoms with van der Waals surface area (Å²) in [6.07, 6.45) is 0.578. The van der Waals surface area contributed by atoms with Crippen LogP contribution >= 0.6 is 0 Å². The van der Waals surface area contributed by atoms with Crippen LogP contribution in [0.1, 0.15) is 33.6 Å². The van der Waals surface area contributed by atoms with Gasteiger partial charge in [0.2, 0.25) is 0 Å². The molecule has 2 heterocycles. The summed E-state index contributed by atoms with van der Waals surface area (Å²) in [7, 11) is 0. The van der Waals surface area contributed by atoms with Gasteiger partial charge in [-0.05, 0) is 33.6 Å². The molecule has 0 amide bonds. The molecule has 2 saturated heterocycles. The molecule has 90 valence electrons. The molecule has 0 unspecified atom stereocenters. The van der Waals surface area contributed by atoms with Crippen LogP contribution in [0.3, 0.4) is 0 Å². The van der Waals surface area contributed by atoms with E-state index in [9.17, 15) is 14.7 Å². The number of hydrogen-bond acceptors (Lipinski definition) is 5. The topological polar surface area (TPSA) is 78.5 Å². The van der Waals surface area contributed by atoms with Gasteiger partial charge in [0, 0.05) is 6.54 Å². The molecule has 3 aliphatic rings. The van der Waals surface area contributed by atoms with Crippen molar-refractivity contribution in [1.82, 2.24) is 5.32 Å². The zero-order valence-electron chi connectivity index (χ0n) is 10.8. The molecular weight excluding hydrogens is 249 g/mol. The van der Waals surface area contributed by atoms with E-state index in [2.05, 4.69) is 5.32 Å². The van der Waals surface area contributed by atoms with E-state index in [4.69, 9.17) is 4.74 Å². The summed E-state index contributed by atoms with van der Waals surface area (Å²) in [4.78, 5) is 22.8. The number of fused-ring (bicyclic) bond motifs is 1. The SMILES string of the molecule is CC(C)(C)OC(=O)C12CNC(C(=O)[O-])(C1)C2.[K+]. The average Bonchev–Trinajstić information content (AvgIpc) is 2.53. The second kappa shape index (κ2) is 4.58. The van der Waals surface area contributed by atoms with Gasteiger partial charge in [0.15, 0.2) is 0 Å². The van der Waals surface area contributed by atoms with E-state index >= 15 is 0 Å². The van der Waals surface area contributed by atoms with E-state index in [0.717, 1.165) is 0 Å². The number of carbonyl (C=O) groups excluding carboxylic acids is 2. The minimum absolute atomic E-state index is 0. The Morgan fingerprint density at radius 2 is 1.82 bits per heavy atom. The minimum atomic E-state index is -1.12. The van der Waals surface area contributed by atoms with Crippen molar-refractivity contribution in [1.29, 1.82) is 0 Å². The predicted molar refractivity (Wildman–Crippen MR) is 53.3 cm³/mol. The summed E-state index contributed by atoms with van der Waals surface area (Å²) in [6.45, 7) is 5.77. The van der Waals surface area contributed by atoms with E-state index in [1.165, 1.54) is 0 Å². The van der Waals surface area contributed by atoms with Crippen LogP contribution in [0, 0.1) is 5.41 Å². The zero-order chi connectivity index (χ0) is 12.2. The molecule has 0 radical (unpaired) electrons. The molecule has 0 aromatic rings. The molecule has 3 rings (SSSR count). The predicted octanol–water partition coefficient (Wildman–Crippen LogP) is -3.80. The van der Waals surface area contributed by atoms with Crippen molar-refractivity contribution < 1.29 is 70.8 Å². The summed E-state index contributed by atoms with van der Waals surface area (Å²) < 4.78 is 5.30. The molecule has 0 spiro atoms. The van der Waals surface area contributed by atoms with E-state index in [1.807, 2.05) is 0 Å². The number of carboxylic acid groups (broad SMARTS) is 1. The largest absolute Gasteiger partial charge is 1.00 e. The van der Waals surface area contributed by atoms with Crippen molar-refractivity contribution in [3.8, 4) is 0 Å². The summed E-state index contributed by atoms with van der Waals surface area (Å²) in [5, 5.41) is 13.7. The van der Waals surface area contributed by atoms with Crippen molar-refractivity contribution in [2.24, 2.45) is 5.41 Å². The number of carboxylic acids is 1. The summed E-state index contributed by atoms with van der Waals surface area (Å²) in [5.41, 5.74) is -2.17. The van der Waals surface area contributed by atoms with Crippen LogP contribution in [0.5, 0.6) is 0 Å². The number of rotatable bonds is 2. The van der Waals surface area contributed by atoms with E-state index < -0.39 is 22.5 Å². The van der Waals surface area contributed by atoms with E-state index in [0.29, 0.717) is 6.54 Å². The molecule has 1 aliphatic carbocycles. The van der Waals surface area contributed by atoms with Crippen molar-refractivity contribution in [3.63, 3.8) is 0 Å². The summed E-state index contributed by atoms with van der Waals surface area (Å²) >= 11 is 0. The summed E-state index contributed by atoms with van der Waals surface area (Å²) in [5.74, 6) is -1.42. The van der Waals surface area contributed by atoms with Gasteiger partial charge >= 0.3 is 57.4 Å². The maximum Gasteiger partial charge on any atom is 1.00 e. The van der Waals surface area contributed by atoms with Crippen molar-refractivity contribution in [2.75, 3.05) is 6.54 Å². The molecule has 2 bridgehead atoms. The Morgan fingerprint density at radius 1 is 1.29 bits per heavy atom. The standard InChI is InChI=1S/C11H17NO4.K/c1-9(2,3)16-8(15)10-4-11(5-10,7(13)14)12-6-10;/h12H,4-6H2,1-3H3,(H,13,14);/q;+1/p-1. The quantitative estimate of drug-likeness (QED) is 0.409. The van der Waals surface area contributed by atoms with E-state index in [1.54, 1.807) is 20.8 Å². The second-order valence-corrected chi connectivity index (χ2v) is 5.86. The smallest absolute Gasteiger partial charge is 0.548 e. The third-order valence-corrected chi connectivity index (χ3v) is 3.27. The second-order valence-electron chi connectivity index (χ2n) is 5.86. The molecule has 0 atom stereocenters. The molecule has 17 heavy (non-hydrogen) atoms. The first kappa shape index (κ1) is 15.6. The van der Waals surface area contributed by atoms with Crippen LogP contribution in [0.4, 0.5) is 0 Å². The van der Waals surface area contributed by atoms with Gasteiger partial charge in [0.25, 0.3) is 0 Å². The van der Waals surface area contributed by atoms with Crippen LogP contribution in [0.25, 0.3) is 0 Å². The fourth-order valence-corrected chi connectivity index (χ4v) is 2.51.